The summed E-state index contributed by atoms with van der Waals surface area (Å²) in [6.45, 7) is 1.94. The smallest absolute Gasteiger partial charge is 0.169 e. The Hall–Kier alpha value is -1.77. The number of benzene rings is 1. The van der Waals surface area contributed by atoms with E-state index >= 15 is 0 Å². The minimum absolute atomic E-state index is 0.138. The predicted octanol–water partition coefficient (Wildman–Crippen LogP) is 2.06. The van der Waals surface area contributed by atoms with E-state index in [9.17, 15) is 10.4 Å². The third kappa shape index (κ3) is 1.18. The Bertz CT molecular complexity index is 482. The van der Waals surface area contributed by atoms with E-state index in [1.54, 1.807) is 12.1 Å². The highest BCUT2D eigenvalue weighted by atomic mass is 16.3. The zero-order valence-corrected chi connectivity index (χ0v) is 9.14. The molecule has 1 aliphatic rings. The van der Waals surface area contributed by atoms with Gasteiger partial charge in [0.15, 0.2) is 5.60 Å². The van der Waals surface area contributed by atoms with Gasteiger partial charge in [-0.3, -0.25) is 0 Å². The fraction of sp³-hybridized carbons (Fsp3) is 0.357. The quantitative estimate of drug-likeness (QED) is 0.761. The Morgan fingerprint density at radius 1 is 1.50 bits per heavy atom. The van der Waals surface area contributed by atoms with Crippen molar-refractivity contribution < 1.29 is 5.11 Å². The van der Waals surface area contributed by atoms with E-state index in [0.717, 1.165) is 0 Å². The average Bonchev–Trinajstić information content (AvgIpc) is 3.02. The van der Waals surface area contributed by atoms with Crippen molar-refractivity contribution in [1.82, 2.24) is 0 Å². The van der Waals surface area contributed by atoms with Crippen molar-refractivity contribution in [3.63, 3.8) is 0 Å². The zero-order valence-electron chi connectivity index (χ0n) is 9.14. The lowest BCUT2D eigenvalue weighted by atomic mass is 9.78. The second kappa shape index (κ2) is 3.37. The lowest BCUT2D eigenvalue weighted by molar-refractivity contribution is 0.0392. The summed E-state index contributed by atoms with van der Waals surface area (Å²) >= 11 is 0. The van der Waals surface area contributed by atoms with Gasteiger partial charge in [-0.1, -0.05) is 43.2 Å². The normalized spacial score (nSPS) is 30.9. The predicted molar refractivity (Wildman–Crippen MR) is 61.0 cm³/mol. The van der Waals surface area contributed by atoms with E-state index in [4.69, 9.17) is 6.42 Å². The Morgan fingerprint density at radius 2 is 2.06 bits per heavy atom. The first-order chi connectivity index (χ1) is 7.60. The summed E-state index contributed by atoms with van der Waals surface area (Å²) < 4.78 is 0. The summed E-state index contributed by atoms with van der Waals surface area (Å²) in [6.07, 6.45) is 6.10. The van der Waals surface area contributed by atoms with Gasteiger partial charge < -0.3 is 5.11 Å². The van der Waals surface area contributed by atoms with Crippen LogP contribution in [0.4, 0.5) is 0 Å². The molecule has 1 fully saturated rings. The van der Waals surface area contributed by atoms with Crippen LogP contribution in [0, 0.1) is 35.0 Å². The van der Waals surface area contributed by atoms with Crippen molar-refractivity contribution in [1.29, 1.82) is 5.26 Å². The molecule has 0 saturated heterocycles. The Morgan fingerprint density at radius 3 is 2.44 bits per heavy atom. The Labute approximate surface area is 95.5 Å². The number of hydrogen-bond donors (Lipinski definition) is 1. The molecule has 0 bridgehead atoms. The van der Waals surface area contributed by atoms with E-state index in [1.807, 2.05) is 25.1 Å². The first-order valence-corrected chi connectivity index (χ1v) is 5.27. The molecule has 80 valence electrons. The van der Waals surface area contributed by atoms with E-state index in [-0.39, 0.29) is 5.92 Å². The molecule has 1 aromatic carbocycles. The van der Waals surface area contributed by atoms with E-state index in [2.05, 4.69) is 12.0 Å². The molecule has 1 saturated carbocycles. The first-order valence-electron chi connectivity index (χ1n) is 5.27. The highest BCUT2D eigenvalue weighted by molar-refractivity contribution is 5.41. The lowest BCUT2D eigenvalue weighted by Gasteiger charge is -2.28. The van der Waals surface area contributed by atoms with Gasteiger partial charge in [0.2, 0.25) is 0 Å². The molecule has 0 unspecified atom stereocenters. The van der Waals surface area contributed by atoms with Crippen LogP contribution in [0.1, 0.15) is 18.9 Å². The van der Waals surface area contributed by atoms with Gasteiger partial charge in [0.05, 0.1) is 6.07 Å². The van der Waals surface area contributed by atoms with Crippen LogP contribution in [0.2, 0.25) is 0 Å². The molecule has 2 heteroatoms. The Kier molecular flexibility index (Phi) is 2.26. The van der Waals surface area contributed by atoms with Gasteiger partial charge in [0.1, 0.15) is 5.41 Å². The van der Waals surface area contributed by atoms with Gasteiger partial charge in [0.25, 0.3) is 0 Å². The molecule has 1 aliphatic carbocycles. The molecule has 0 heterocycles. The Balaban J connectivity index is 2.52. The standard InChI is InChI=1S/C14H13NO/c1-3-14(16,12-7-5-4-6-8-12)13(10-15)9-11(13)2/h1,4-8,11,16H,9H2,2H3/t11-,13-,14+/m1/s1. The molecular formula is C14H13NO. The maximum Gasteiger partial charge on any atom is 0.169 e. The summed E-state index contributed by atoms with van der Waals surface area (Å²) in [6, 6.07) is 11.2. The monoisotopic (exact) mass is 211 g/mol. The molecule has 0 radical (unpaired) electrons. The molecule has 0 spiro atoms. The van der Waals surface area contributed by atoms with Crippen LogP contribution < -0.4 is 0 Å². The first kappa shape index (κ1) is 10.7. The van der Waals surface area contributed by atoms with Crippen molar-refractivity contribution in [3.8, 4) is 18.4 Å². The second-order valence-corrected chi connectivity index (χ2v) is 4.41. The minimum Gasteiger partial charge on any atom is -0.372 e. The van der Waals surface area contributed by atoms with Crippen LogP contribution in [0.5, 0.6) is 0 Å². The van der Waals surface area contributed by atoms with Crippen molar-refractivity contribution in [3.05, 3.63) is 35.9 Å². The van der Waals surface area contributed by atoms with E-state index in [0.29, 0.717) is 12.0 Å². The summed E-state index contributed by atoms with van der Waals surface area (Å²) in [4.78, 5) is 0. The molecule has 1 N–H and O–H groups in total. The van der Waals surface area contributed by atoms with Gasteiger partial charge >= 0.3 is 0 Å². The van der Waals surface area contributed by atoms with Crippen molar-refractivity contribution in [2.75, 3.05) is 0 Å². The molecule has 2 nitrogen and oxygen atoms in total. The topological polar surface area (TPSA) is 44.0 Å². The van der Waals surface area contributed by atoms with Crippen LogP contribution in [0.3, 0.4) is 0 Å². The summed E-state index contributed by atoms with van der Waals surface area (Å²) in [5.41, 5.74) is -1.66. The van der Waals surface area contributed by atoms with Crippen LogP contribution in [0.15, 0.2) is 30.3 Å². The minimum atomic E-state index is -1.47. The van der Waals surface area contributed by atoms with Crippen molar-refractivity contribution >= 4 is 0 Å². The molecule has 0 aliphatic heterocycles. The largest absolute Gasteiger partial charge is 0.372 e. The highest BCUT2D eigenvalue weighted by Crippen LogP contribution is 2.62. The number of nitriles is 1. The number of hydrogen-bond acceptors (Lipinski definition) is 2. The van der Waals surface area contributed by atoms with Crippen LogP contribution in [-0.2, 0) is 5.60 Å². The number of terminal acetylenes is 1. The van der Waals surface area contributed by atoms with Gasteiger partial charge in [-0.25, -0.2) is 0 Å². The molecule has 0 amide bonds. The van der Waals surface area contributed by atoms with Gasteiger partial charge in [0, 0.05) is 0 Å². The van der Waals surface area contributed by atoms with Crippen molar-refractivity contribution in [2.45, 2.75) is 18.9 Å². The summed E-state index contributed by atoms with van der Waals surface area (Å²) in [7, 11) is 0. The average molecular weight is 211 g/mol. The maximum absolute atomic E-state index is 10.6. The van der Waals surface area contributed by atoms with Gasteiger partial charge in [-0.15, -0.1) is 6.42 Å². The molecule has 0 aromatic heterocycles. The SMILES string of the molecule is C#C[C@](O)(c1ccccc1)[C@@]1(C#N)C[C@H]1C. The zero-order chi connectivity index (χ0) is 11.8. The van der Waals surface area contributed by atoms with Crippen LogP contribution in [-0.4, -0.2) is 5.11 Å². The van der Waals surface area contributed by atoms with Gasteiger partial charge in [-0.2, -0.15) is 5.26 Å². The van der Waals surface area contributed by atoms with E-state index in [1.165, 1.54) is 0 Å². The second-order valence-electron chi connectivity index (χ2n) is 4.41. The maximum atomic E-state index is 10.6. The number of nitrogens with zero attached hydrogens (tertiary/aromatic N) is 1. The third-order valence-corrected chi connectivity index (χ3v) is 3.55. The molecule has 3 atom stereocenters. The van der Waals surface area contributed by atoms with Gasteiger partial charge in [-0.05, 0) is 17.9 Å². The number of aliphatic hydroxyl groups is 1. The molecular weight excluding hydrogens is 198 g/mol. The summed E-state index contributed by atoms with van der Waals surface area (Å²) in [5, 5.41) is 19.8. The van der Waals surface area contributed by atoms with E-state index < -0.39 is 11.0 Å². The summed E-state index contributed by atoms with van der Waals surface area (Å²) in [5.74, 6) is 2.55. The lowest BCUT2D eigenvalue weighted by Crippen LogP contribution is -2.35. The fourth-order valence-electron chi connectivity index (χ4n) is 2.31. The molecule has 1 aromatic rings. The highest BCUT2D eigenvalue weighted by Gasteiger charge is 2.65. The van der Waals surface area contributed by atoms with Crippen LogP contribution in [0.25, 0.3) is 0 Å². The van der Waals surface area contributed by atoms with Crippen molar-refractivity contribution in [2.24, 2.45) is 11.3 Å². The third-order valence-electron chi connectivity index (χ3n) is 3.55. The molecule has 16 heavy (non-hydrogen) atoms. The molecule has 2 rings (SSSR count). The van der Waals surface area contributed by atoms with Crippen LogP contribution >= 0.6 is 0 Å². The fourth-order valence-corrected chi connectivity index (χ4v) is 2.31. The number of rotatable bonds is 2.